The van der Waals surface area contributed by atoms with Crippen LogP contribution in [0.3, 0.4) is 0 Å². The Hall–Kier alpha value is 1.21. The van der Waals surface area contributed by atoms with E-state index in [4.69, 9.17) is 33.2 Å². The summed E-state index contributed by atoms with van der Waals surface area (Å²) >= 11 is 0. The molecule has 4 fully saturated rings. The molecule has 0 aliphatic carbocycles. The van der Waals surface area contributed by atoms with Crippen LogP contribution >= 0.6 is 0 Å². The Morgan fingerprint density at radius 2 is 1.65 bits per heavy atom. The van der Waals surface area contributed by atoms with Crippen molar-refractivity contribution in [2.45, 2.75) is 154 Å². The molecule has 4 saturated heterocycles. The third kappa shape index (κ3) is 11.6. The maximum absolute atomic E-state index is 13.9. The fourth-order valence-electron chi connectivity index (χ4n) is 8.37. The number of nitrogens with zero attached hydrogens (tertiary/aromatic N) is 2. The number of aliphatic hydroxyl groups is 1. The average molecular weight is 1140 g/mol. The fourth-order valence-corrected chi connectivity index (χ4v) is 8.37. The van der Waals surface area contributed by atoms with E-state index < -0.39 is 53.9 Å². The van der Waals surface area contributed by atoms with E-state index in [1.165, 1.54) is 0 Å². The van der Waals surface area contributed by atoms with E-state index >= 15 is 0 Å². The van der Waals surface area contributed by atoms with Gasteiger partial charge in [-0.05, 0) is 72.7 Å². The van der Waals surface area contributed by atoms with Gasteiger partial charge in [0.15, 0.2) is 12.6 Å². The Morgan fingerprint density at radius 3 is 2.27 bits per heavy atom. The Kier molecular flexibility index (Phi) is 18.6. The number of carbonyl (C=O) groups is 1. The van der Waals surface area contributed by atoms with Gasteiger partial charge in [0.1, 0.15) is 12.2 Å². The van der Waals surface area contributed by atoms with E-state index in [1.807, 2.05) is 60.0 Å². The molecule has 4 aliphatic rings. The molecule has 4 aliphatic heterocycles. The minimum absolute atomic E-state index is 0. The van der Waals surface area contributed by atoms with Gasteiger partial charge in [0.25, 0.3) is 0 Å². The van der Waals surface area contributed by atoms with Crippen molar-refractivity contribution in [1.82, 2.24) is 9.80 Å². The number of methoxy groups -OCH3 is 2. The van der Waals surface area contributed by atoms with Gasteiger partial charge in [-0.3, -0.25) is 11.2 Å². The first-order chi connectivity index (χ1) is 22.0. The molecular formula is C36H64N2O9U2-2. The number of hydrogen-bond acceptors (Lipinski definition) is 11. The number of esters is 1. The van der Waals surface area contributed by atoms with Crippen molar-refractivity contribution in [1.29, 1.82) is 0 Å². The zero-order valence-corrected chi connectivity index (χ0v) is 40.3. The smallest absolute Gasteiger partial charge is 0.311 e. The number of carbonyl (C=O) groups excluding carboxylic acids is 1. The molecule has 49 heavy (non-hydrogen) atoms. The number of fused-ring (bicyclic) bond motifs is 2. The third-order valence-corrected chi connectivity index (χ3v) is 11.2. The van der Waals surface area contributed by atoms with Gasteiger partial charge >= 0.3 is 5.97 Å². The summed E-state index contributed by atoms with van der Waals surface area (Å²) in [6.07, 6.45) is 2.66. The summed E-state index contributed by atoms with van der Waals surface area (Å²) in [6.45, 7) is 17.9. The largest absolute Gasteiger partial charge is 0.461 e. The van der Waals surface area contributed by atoms with Gasteiger partial charge < -0.3 is 54.5 Å². The SMILES string of the molecule is CO[C@@]1(C)[CH-][C@H](C)O[C@@H](O[C@H]2[C@H](C)[C@@H](O[C@@H]3O[C@H](C)C[C@H](N(C)C)[C@H]3O)[C@@](C)(OC)C[C@@H](C)[CH-][C@H](C)N3CC[C@@H](C3)OC(=O)[C@@H]2C)C1.[U].[U]. The van der Waals surface area contributed by atoms with E-state index in [2.05, 4.69) is 32.1 Å². The van der Waals surface area contributed by atoms with Gasteiger partial charge in [-0.1, -0.05) is 40.7 Å². The molecule has 0 aromatic rings. The second-order valence-electron chi connectivity index (χ2n) is 15.5. The Labute approximate surface area is 344 Å². The minimum Gasteiger partial charge on any atom is -0.461 e. The van der Waals surface area contributed by atoms with Gasteiger partial charge in [-0.15, -0.1) is 6.04 Å². The van der Waals surface area contributed by atoms with Gasteiger partial charge in [-0.25, -0.2) is 0 Å². The van der Waals surface area contributed by atoms with Gasteiger partial charge in [0, 0.05) is 95.0 Å². The van der Waals surface area contributed by atoms with E-state index in [0.29, 0.717) is 25.8 Å². The minimum atomic E-state index is -0.910. The van der Waals surface area contributed by atoms with Crippen LogP contribution in [0.1, 0.15) is 81.1 Å². The summed E-state index contributed by atoms with van der Waals surface area (Å²) in [5.74, 6) is -1.21. The van der Waals surface area contributed by atoms with Crippen molar-refractivity contribution in [2.75, 3.05) is 41.4 Å². The number of ether oxygens (including phenoxy) is 7. The van der Waals surface area contributed by atoms with Crippen LogP contribution in [0, 0.1) is 92.8 Å². The summed E-state index contributed by atoms with van der Waals surface area (Å²) in [5.41, 5.74) is -1.40. The summed E-state index contributed by atoms with van der Waals surface area (Å²) in [4.78, 5) is 18.3. The molecule has 13 heteroatoms. The Morgan fingerprint density at radius 1 is 0.980 bits per heavy atom. The molecule has 282 valence electrons. The van der Waals surface area contributed by atoms with Crippen LogP contribution in [-0.4, -0.2) is 135 Å². The van der Waals surface area contributed by atoms with Gasteiger partial charge in [0.05, 0.1) is 29.8 Å². The molecule has 2 bridgehead atoms. The van der Waals surface area contributed by atoms with Crippen molar-refractivity contribution in [3.8, 4) is 0 Å². The third-order valence-electron chi connectivity index (χ3n) is 11.2. The summed E-state index contributed by atoms with van der Waals surface area (Å²) in [5, 5.41) is 11.6. The van der Waals surface area contributed by atoms with Crippen molar-refractivity contribution in [2.24, 2.45) is 17.8 Å². The number of aliphatic hydroxyl groups excluding tert-OH is 1. The first-order valence-electron chi connectivity index (χ1n) is 17.7. The molecule has 0 aromatic carbocycles. The van der Waals surface area contributed by atoms with E-state index in [0.717, 1.165) is 13.0 Å². The molecule has 16 atom stereocenters. The second-order valence-corrected chi connectivity index (χ2v) is 15.5. The topological polar surface area (TPSA) is 108 Å². The molecule has 0 radical (unpaired) electrons. The van der Waals surface area contributed by atoms with Crippen LogP contribution in [0.5, 0.6) is 0 Å². The standard InChI is InChI=1S/C36H64N2O9.2U/c1-21-15-22(2)38-14-13-27(20-38)45-33(40)26(6)31(46-29-19-35(7,41-11)18-24(4)43-29)25(5)32(36(8,17-21)42-12)47-34-30(39)28(37(9)10)16-23(3)44-34;;/h15,18,21-32,34,39H,13-14,16-17,19-20H2,1-12H3;;/q-2;;/t21-,22-,23+,24-,25-,26+,27-,28-,29-,30+,31-,32+,34-,35-,36-;;/m0../s1. The number of hydrogen-bond donors (Lipinski definition) is 1. The van der Waals surface area contributed by atoms with Crippen molar-refractivity contribution < 1.29 is 105 Å². The first-order valence-corrected chi connectivity index (χ1v) is 17.7. The Bertz CT molecular complexity index is 1030. The quantitative estimate of drug-likeness (QED) is 0.297. The molecule has 0 spiro atoms. The normalized spacial score (nSPS) is 47.0. The monoisotopic (exact) mass is 1140 g/mol. The van der Waals surface area contributed by atoms with Crippen LogP contribution in [0.2, 0.25) is 0 Å². The molecule has 1 N–H and O–H groups in total. The van der Waals surface area contributed by atoms with Crippen LogP contribution in [0.15, 0.2) is 0 Å². The van der Waals surface area contributed by atoms with Crippen LogP contribution in [0.25, 0.3) is 0 Å². The van der Waals surface area contributed by atoms with Crippen molar-refractivity contribution in [3.05, 3.63) is 12.8 Å². The van der Waals surface area contributed by atoms with E-state index in [1.54, 1.807) is 14.2 Å². The number of rotatable bonds is 7. The maximum Gasteiger partial charge on any atom is 0.311 e. The Balaban J connectivity index is 0.00000417. The molecule has 4 heterocycles. The number of likely N-dealkylation sites (N-methyl/N-ethyl adjacent to an activating group) is 1. The molecule has 0 saturated carbocycles. The summed E-state index contributed by atoms with van der Waals surface area (Å²) in [6, 6.07) is 0.0515. The van der Waals surface area contributed by atoms with E-state index in [-0.39, 0.29) is 105 Å². The van der Waals surface area contributed by atoms with Crippen LogP contribution in [-0.2, 0) is 38.0 Å². The first kappa shape index (κ1) is 46.4. The molecule has 0 aromatic heterocycles. The van der Waals surface area contributed by atoms with Gasteiger partial charge in [0.2, 0.25) is 0 Å². The van der Waals surface area contributed by atoms with Crippen molar-refractivity contribution in [3.63, 3.8) is 0 Å². The summed E-state index contributed by atoms with van der Waals surface area (Å²) < 4.78 is 44.8. The van der Waals surface area contributed by atoms with Crippen LogP contribution in [0.4, 0.5) is 0 Å². The fraction of sp³-hybridized carbons (Fsp3) is 0.917. The second kappa shape index (κ2) is 19.7. The molecule has 0 amide bonds. The molecule has 1 unspecified atom stereocenters. The predicted octanol–water partition coefficient (Wildman–Crippen LogP) is 3.85. The predicted molar refractivity (Wildman–Crippen MR) is 178 cm³/mol. The summed E-state index contributed by atoms with van der Waals surface area (Å²) in [7, 11) is 7.31. The van der Waals surface area contributed by atoms with E-state index in [9.17, 15) is 9.90 Å². The zero-order chi connectivity index (χ0) is 34.8. The van der Waals surface area contributed by atoms with Crippen LogP contribution < -0.4 is 0 Å². The maximum atomic E-state index is 13.9. The molecule has 11 nitrogen and oxygen atoms in total. The van der Waals surface area contributed by atoms with Crippen molar-refractivity contribution >= 4 is 5.97 Å². The zero-order valence-electron chi connectivity index (χ0n) is 32.0. The molecule has 4 rings (SSSR count). The van der Waals surface area contributed by atoms with Gasteiger partial charge in [-0.2, -0.15) is 5.92 Å². The average Bonchev–Trinajstić information content (AvgIpc) is 3.46. The molecular weight excluding hydrogens is 1080 g/mol.